The van der Waals surface area contributed by atoms with Crippen LogP contribution in [0.15, 0.2) is 41.2 Å². The predicted octanol–water partition coefficient (Wildman–Crippen LogP) is 2.77. The molecule has 1 N–H and O–H groups in total. The summed E-state index contributed by atoms with van der Waals surface area (Å²) in [6.07, 6.45) is 1.12. The van der Waals surface area contributed by atoms with E-state index in [4.69, 9.17) is 4.74 Å². The van der Waals surface area contributed by atoms with Gasteiger partial charge < -0.3 is 14.6 Å². The molecule has 0 spiro atoms. The molecule has 0 radical (unpaired) electrons. The van der Waals surface area contributed by atoms with Crippen molar-refractivity contribution in [3.63, 3.8) is 0 Å². The number of carbonyl (C=O) groups is 2. The first-order chi connectivity index (χ1) is 13.0. The van der Waals surface area contributed by atoms with E-state index in [-0.39, 0.29) is 23.4 Å². The van der Waals surface area contributed by atoms with Crippen LogP contribution in [0.3, 0.4) is 0 Å². The molecule has 1 aromatic carbocycles. The number of ether oxygens (including phenoxy) is 1. The summed E-state index contributed by atoms with van der Waals surface area (Å²) in [5.74, 6) is -0.671. The van der Waals surface area contributed by atoms with Gasteiger partial charge >= 0.3 is 5.97 Å². The van der Waals surface area contributed by atoms with Crippen molar-refractivity contribution >= 4 is 11.9 Å². The summed E-state index contributed by atoms with van der Waals surface area (Å²) >= 11 is 0. The van der Waals surface area contributed by atoms with Crippen LogP contribution in [0, 0.1) is 12.8 Å². The van der Waals surface area contributed by atoms with Crippen LogP contribution in [0.2, 0.25) is 0 Å². The van der Waals surface area contributed by atoms with Gasteiger partial charge in [0.1, 0.15) is 5.56 Å². The normalized spacial score (nSPS) is 14.8. The molecule has 6 nitrogen and oxygen atoms in total. The van der Waals surface area contributed by atoms with Gasteiger partial charge in [-0.05, 0) is 50.5 Å². The van der Waals surface area contributed by atoms with Crippen molar-refractivity contribution in [1.82, 2.24) is 9.88 Å². The average molecular weight is 368 g/mol. The van der Waals surface area contributed by atoms with Gasteiger partial charge in [0.15, 0.2) is 0 Å². The van der Waals surface area contributed by atoms with Crippen molar-refractivity contribution in [2.45, 2.75) is 26.7 Å². The van der Waals surface area contributed by atoms with E-state index in [1.165, 1.54) is 0 Å². The summed E-state index contributed by atoms with van der Waals surface area (Å²) < 4.78 is 5.05. The van der Waals surface area contributed by atoms with Gasteiger partial charge in [-0.25, -0.2) is 0 Å². The second-order valence-electron chi connectivity index (χ2n) is 6.80. The first kappa shape index (κ1) is 18.9. The average Bonchev–Trinajstić information content (AvgIpc) is 2.68. The molecule has 1 saturated heterocycles. The molecule has 1 aliphatic heterocycles. The molecule has 2 heterocycles. The largest absolute Gasteiger partial charge is 0.466 e. The Kier molecular flexibility index (Phi) is 5.74. The van der Waals surface area contributed by atoms with E-state index < -0.39 is 5.56 Å². The monoisotopic (exact) mass is 368 g/mol. The molecule has 0 bridgehead atoms. The van der Waals surface area contributed by atoms with Crippen LogP contribution in [-0.2, 0) is 9.53 Å². The van der Waals surface area contributed by atoms with Crippen molar-refractivity contribution in [1.29, 1.82) is 0 Å². The first-order valence-electron chi connectivity index (χ1n) is 9.26. The second kappa shape index (κ2) is 8.20. The van der Waals surface area contributed by atoms with E-state index in [2.05, 4.69) is 4.98 Å². The fraction of sp³-hybridized carbons (Fsp3) is 0.381. The number of nitrogens with one attached hydrogen (secondary N) is 1. The highest BCUT2D eigenvalue weighted by molar-refractivity contribution is 5.94. The van der Waals surface area contributed by atoms with Crippen LogP contribution in [0.4, 0.5) is 0 Å². The van der Waals surface area contributed by atoms with Crippen LogP contribution in [0.1, 0.15) is 35.7 Å². The Labute approximate surface area is 158 Å². The maximum absolute atomic E-state index is 12.7. The maximum atomic E-state index is 12.7. The maximum Gasteiger partial charge on any atom is 0.309 e. The van der Waals surface area contributed by atoms with Crippen molar-refractivity contribution in [3.8, 4) is 11.3 Å². The van der Waals surface area contributed by atoms with Gasteiger partial charge in [0, 0.05) is 18.8 Å². The van der Waals surface area contributed by atoms with Gasteiger partial charge in [0.05, 0.1) is 12.5 Å². The van der Waals surface area contributed by atoms with Crippen molar-refractivity contribution in [2.24, 2.45) is 5.92 Å². The van der Waals surface area contributed by atoms with Crippen molar-refractivity contribution in [2.75, 3.05) is 19.7 Å². The Balaban J connectivity index is 1.71. The molecule has 1 aromatic heterocycles. The summed E-state index contributed by atoms with van der Waals surface area (Å²) in [6, 6.07) is 11.1. The number of nitrogens with zero attached hydrogens (tertiary/aromatic N) is 1. The SMILES string of the molecule is CCOC(=O)C1CCN(C(=O)c2ccc(-c3cccc(C)c3)[nH]c2=O)CC1. The molecule has 0 unspecified atom stereocenters. The van der Waals surface area contributed by atoms with Gasteiger partial charge in [-0.15, -0.1) is 0 Å². The lowest BCUT2D eigenvalue weighted by molar-refractivity contribution is -0.149. The topological polar surface area (TPSA) is 79.5 Å². The minimum Gasteiger partial charge on any atom is -0.466 e. The molecule has 0 saturated carbocycles. The second-order valence-corrected chi connectivity index (χ2v) is 6.80. The van der Waals surface area contributed by atoms with Crippen LogP contribution in [0.5, 0.6) is 0 Å². The molecule has 0 atom stereocenters. The Morgan fingerprint density at radius 2 is 1.93 bits per heavy atom. The smallest absolute Gasteiger partial charge is 0.309 e. The molecule has 3 rings (SSSR count). The molecule has 0 aliphatic carbocycles. The number of aromatic nitrogens is 1. The van der Waals surface area contributed by atoms with E-state index in [1.54, 1.807) is 24.0 Å². The number of carbonyl (C=O) groups excluding carboxylic acids is 2. The van der Waals surface area contributed by atoms with E-state index in [1.807, 2.05) is 31.2 Å². The Hall–Kier alpha value is -2.89. The highest BCUT2D eigenvalue weighted by Gasteiger charge is 2.29. The van der Waals surface area contributed by atoms with Gasteiger partial charge in [0.2, 0.25) is 0 Å². The first-order valence-corrected chi connectivity index (χ1v) is 9.26. The van der Waals surface area contributed by atoms with Crippen LogP contribution < -0.4 is 5.56 Å². The summed E-state index contributed by atoms with van der Waals surface area (Å²) in [5.41, 5.74) is 2.41. The van der Waals surface area contributed by atoms with Crippen molar-refractivity contribution in [3.05, 3.63) is 57.9 Å². The molecule has 1 amide bonds. The third kappa shape index (κ3) is 4.27. The highest BCUT2D eigenvalue weighted by atomic mass is 16.5. The molecule has 27 heavy (non-hydrogen) atoms. The van der Waals surface area contributed by atoms with Gasteiger partial charge in [0.25, 0.3) is 11.5 Å². The number of pyridine rings is 1. The number of hydrogen-bond donors (Lipinski definition) is 1. The van der Waals surface area contributed by atoms with E-state index in [0.717, 1.165) is 11.1 Å². The van der Waals surface area contributed by atoms with Crippen molar-refractivity contribution < 1.29 is 14.3 Å². The lowest BCUT2D eigenvalue weighted by atomic mass is 9.96. The summed E-state index contributed by atoms with van der Waals surface area (Å²) in [5, 5.41) is 0. The van der Waals surface area contributed by atoms with Crippen LogP contribution in [-0.4, -0.2) is 41.5 Å². The molecule has 142 valence electrons. The molecule has 6 heteroatoms. The third-order valence-corrected chi connectivity index (χ3v) is 4.87. The molecule has 1 fully saturated rings. The van der Waals surface area contributed by atoms with Crippen LogP contribution in [0.25, 0.3) is 11.3 Å². The van der Waals surface area contributed by atoms with Gasteiger partial charge in [-0.2, -0.15) is 0 Å². The lowest BCUT2D eigenvalue weighted by Gasteiger charge is -2.30. The number of H-pyrrole nitrogens is 1. The van der Waals surface area contributed by atoms with Gasteiger partial charge in [-0.1, -0.05) is 23.8 Å². The number of piperidine rings is 1. The fourth-order valence-corrected chi connectivity index (χ4v) is 3.37. The molecule has 2 aromatic rings. The highest BCUT2D eigenvalue weighted by Crippen LogP contribution is 2.21. The van der Waals surface area contributed by atoms with Gasteiger partial charge in [-0.3, -0.25) is 14.4 Å². The number of amides is 1. The summed E-state index contributed by atoms with van der Waals surface area (Å²) in [7, 11) is 0. The quantitative estimate of drug-likeness (QED) is 0.842. The number of likely N-dealkylation sites (tertiary alicyclic amines) is 1. The standard InChI is InChI=1S/C21H24N2O4/c1-3-27-21(26)15-9-11-23(12-10-15)20(25)17-7-8-18(22-19(17)24)16-6-4-5-14(2)13-16/h4-8,13,15H,3,9-12H2,1-2H3,(H,22,24). The van der Waals surface area contributed by atoms with Crippen LogP contribution >= 0.6 is 0 Å². The fourth-order valence-electron chi connectivity index (χ4n) is 3.37. The number of rotatable bonds is 4. The number of esters is 1. The predicted molar refractivity (Wildman–Crippen MR) is 102 cm³/mol. The third-order valence-electron chi connectivity index (χ3n) is 4.87. The Bertz CT molecular complexity index is 895. The zero-order valence-electron chi connectivity index (χ0n) is 15.7. The van der Waals surface area contributed by atoms with E-state index >= 15 is 0 Å². The molecular formula is C21H24N2O4. The van der Waals surface area contributed by atoms with E-state index in [9.17, 15) is 14.4 Å². The lowest BCUT2D eigenvalue weighted by Crippen LogP contribution is -2.42. The number of aromatic amines is 1. The summed E-state index contributed by atoms with van der Waals surface area (Å²) in [6.45, 7) is 5.02. The molecular weight excluding hydrogens is 344 g/mol. The minimum atomic E-state index is -0.397. The Morgan fingerprint density at radius 3 is 2.56 bits per heavy atom. The zero-order valence-corrected chi connectivity index (χ0v) is 15.7. The molecule has 1 aliphatic rings. The summed E-state index contributed by atoms with van der Waals surface area (Å²) in [4.78, 5) is 41.4. The Morgan fingerprint density at radius 1 is 1.19 bits per heavy atom. The number of hydrogen-bond acceptors (Lipinski definition) is 4. The van der Waals surface area contributed by atoms with E-state index in [0.29, 0.717) is 38.2 Å². The number of aryl methyl sites for hydroxylation is 1. The number of benzene rings is 1. The minimum absolute atomic E-state index is 0.126. The zero-order chi connectivity index (χ0) is 19.4.